The average molecular weight is 186 g/mol. The molecule has 0 amide bonds. The lowest BCUT2D eigenvalue weighted by atomic mass is 10.1. The highest BCUT2D eigenvalue weighted by atomic mass is 19.4. The number of hydrogen-bond donors (Lipinski definition) is 1. The number of hydrogen-bond acceptors (Lipinski definition) is 2. The summed E-state index contributed by atoms with van der Waals surface area (Å²) in [6.07, 6.45) is -5.45. The predicted molar refractivity (Wildman–Crippen MR) is 33.7 cm³/mol. The summed E-state index contributed by atoms with van der Waals surface area (Å²) in [4.78, 5) is 9.98. The van der Waals surface area contributed by atoms with Crippen LogP contribution in [0, 0.1) is 5.92 Å². The van der Waals surface area contributed by atoms with Crippen molar-refractivity contribution in [2.45, 2.75) is 12.6 Å². The minimum absolute atomic E-state index is 0.615. The lowest BCUT2D eigenvalue weighted by molar-refractivity contribution is -0.192. The van der Waals surface area contributed by atoms with Crippen molar-refractivity contribution in [3.8, 4) is 0 Å². The Bertz CT molecular complexity index is 155. The van der Waals surface area contributed by atoms with Gasteiger partial charge in [-0.1, -0.05) is 0 Å². The van der Waals surface area contributed by atoms with E-state index in [1.807, 2.05) is 0 Å². The fourth-order valence-corrected chi connectivity index (χ4v) is 0.681. The number of aliphatic carboxylic acids is 1. The van der Waals surface area contributed by atoms with E-state index in [0.717, 1.165) is 7.11 Å². The normalized spacial score (nSPS) is 14.3. The maximum Gasteiger partial charge on any atom is 0.394 e. The van der Waals surface area contributed by atoms with Gasteiger partial charge in [0.05, 0.1) is 18.9 Å². The molecule has 0 spiro atoms. The number of carbonyl (C=O) groups is 1. The van der Waals surface area contributed by atoms with Gasteiger partial charge in [-0.25, -0.2) is 0 Å². The van der Waals surface area contributed by atoms with Crippen LogP contribution in [0.25, 0.3) is 0 Å². The van der Waals surface area contributed by atoms with E-state index in [0.29, 0.717) is 0 Å². The van der Waals surface area contributed by atoms with Crippen LogP contribution in [-0.2, 0) is 9.53 Å². The maximum atomic E-state index is 11.9. The third-order valence-electron chi connectivity index (χ3n) is 1.25. The maximum absolute atomic E-state index is 11.9. The van der Waals surface area contributed by atoms with E-state index in [1.165, 1.54) is 0 Å². The Morgan fingerprint density at radius 2 is 2.08 bits per heavy atom. The summed E-state index contributed by atoms with van der Waals surface area (Å²) >= 11 is 0. The molecule has 3 nitrogen and oxygen atoms in total. The summed E-state index contributed by atoms with van der Waals surface area (Å²) < 4.78 is 40.0. The summed E-state index contributed by atoms with van der Waals surface area (Å²) in [7, 11) is 1.10. The first-order valence-electron chi connectivity index (χ1n) is 3.15. The smallest absolute Gasteiger partial charge is 0.394 e. The molecule has 0 aromatic carbocycles. The van der Waals surface area contributed by atoms with Crippen LogP contribution in [0.4, 0.5) is 13.2 Å². The Hall–Kier alpha value is -0.780. The van der Waals surface area contributed by atoms with Crippen LogP contribution in [-0.4, -0.2) is 31.0 Å². The molecule has 0 bridgehead atoms. The van der Waals surface area contributed by atoms with Crippen molar-refractivity contribution in [2.75, 3.05) is 13.7 Å². The van der Waals surface area contributed by atoms with Gasteiger partial charge in [0.25, 0.3) is 0 Å². The molecule has 72 valence electrons. The molecule has 0 aliphatic carbocycles. The van der Waals surface area contributed by atoms with Gasteiger partial charge < -0.3 is 9.84 Å². The minimum Gasteiger partial charge on any atom is -0.481 e. The van der Waals surface area contributed by atoms with E-state index in [4.69, 9.17) is 5.11 Å². The third-order valence-corrected chi connectivity index (χ3v) is 1.25. The molecule has 1 unspecified atom stereocenters. The Morgan fingerprint density at radius 1 is 1.58 bits per heavy atom. The summed E-state index contributed by atoms with van der Waals surface area (Å²) in [6.45, 7) is -0.615. The molecule has 1 N–H and O–H groups in total. The van der Waals surface area contributed by atoms with Gasteiger partial charge >= 0.3 is 12.1 Å². The number of halogens is 3. The van der Waals surface area contributed by atoms with E-state index >= 15 is 0 Å². The van der Waals surface area contributed by atoms with Crippen LogP contribution < -0.4 is 0 Å². The largest absolute Gasteiger partial charge is 0.481 e. The van der Waals surface area contributed by atoms with Crippen LogP contribution in [0.5, 0.6) is 0 Å². The van der Waals surface area contributed by atoms with Gasteiger partial charge in [0.1, 0.15) is 0 Å². The second-order valence-electron chi connectivity index (χ2n) is 2.29. The molecule has 0 saturated heterocycles. The number of alkyl halides is 3. The molecule has 0 rings (SSSR count). The van der Waals surface area contributed by atoms with Crippen molar-refractivity contribution >= 4 is 5.97 Å². The second kappa shape index (κ2) is 4.30. The Morgan fingerprint density at radius 3 is 2.33 bits per heavy atom. The first kappa shape index (κ1) is 11.2. The number of methoxy groups -OCH3 is 1. The molecule has 0 aromatic rings. The molecule has 0 aliphatic heterocycles. The van der Waals surface area contributed by atoms with E-state index in [9.17, 15) is 18.0 Å². The van der Waals surface area contributed by atoms with Crippen LogP contribution in [0.2, 0.25) is 0 Å². The SMILES string of the molecule is COCC(CC(=O)O)C(F)(F)F. The highest BCUT2D eigenvalue weighted by Gasteiger charge is 2.40. The molecule has 0 aromatic heterocycles. The minimum atomic E-state index is -4.51. The molecule has 0 aliphatic rings. The van der Waals surface area contributed by atoms with E-state index in [1.54, 1.807) is 0 Å². The zero-order chi connectivity index (χ0) is 9.78. The van der Waals surface area contributed by atoms with Crippen molar-refractivity contribution in [3.05, 3.63) is 0 Å². The van der Waals surface area contributed by atoms with E-state index in [-0.39, 0.29) is 0 Å². The zero-order valence-electron chi connectivity index (χ0n) is 6.39. The zero-order valence-corrected chi connectivity index (χ0v) is 6.39. The molecule has 1 atom stereocenters. The monoisotopic (exact) mass is 186 g/mol. The van der Waals surface area contributed by atoms with Gasteiger partial charge in [-0.3, -0.25) is 4.79 Å². The first-order valence-corrected chi connectivity index (χ1v) is 3.15. The van der Waals surface area contributed by atoms with Gasteiger partial charge in [0.2, 0.25) is 0 Å². The molecule has 0 radical (unpaired) electrons. The number of carboxylic acid groups (broad SMARTS) is 1. The van der Waals surface area contributed by atoms with Gasteiger partial charge in [0.15, 0.2) is 0 Å². The number of rotatable bonds is 4. The standard InChI is InChI=1S/C6H9F3O3/c1-12-3-4(2-5(10)11)6(7,8)9/h4H,2-3H2,1H3,(H,10,11). The summed E-state index contributed by atoms with van der Waals surface area (Å²) in [5.41, 5.74) is 0. The Kier molecular flexibility index (Phi) is 4.02. The second-order valence-corrected chi connectivity index (χ2v) is 2.29. The van der Waals surface area contributed by atoms with Crippen LogP contribution in [0.3, 0.4) is 0 Å². The molecular formula is C6H9F3O3. The van der Waals surface area contributed by atoms with Crippen molar-refractivity contribution in [2.24, 2.45) is 5.92 Å². The fourth-order valence-electron chi connectivity index (χ4n) is 0.681. The Labute approximate surface area is 67.1 Å². The van der Waals surface area contributed by atoms with Crippen LogP contribution in [0.1, 0.15) is 6.42 Å². The molecule has 0 heterocycles. The van der Waals surface area contributed by atoms with Crippen LogP contribution in [0.15, 0.2) is 0 Å². The molecular weight excluding hydrogens is 177 g/mol. The summed E-state index contributed by atoms with van der Waals surface area (Å²) in [6, 6.07) is 0. The topological polar surface area (TPSA) is 46.5 Å². The summed E-state index contributed by atoms with van der Waals surface area (Å²) in [5.74, 6) is -3.39. The van der Waals surface area contributed by atoms with Crippen molar-refractivity contribution in [1.29, 1.82) is 0 Å². The molecule has 12 heavy (non-hydrogen) atoms. The van der Waals surface area contributed by atoms with Crippen molar-refractivity contribution in [3.63, 3.8) is 0 Å². The van der Waals surface area contributed by atoms with Crippen molar-refractivity contribution < 1.29 is 27.8 Å². The highest BCUT2D eigenvalue weighted by molar-refractivity contribution is 5.67. The lowest BCUT2D eigenvalue weighted by Crippen LogP contribution is -2.29. The first-order chi connectivity index (χ1) is 5.38. The van der Waals surface area contributed by atoms with Crippen LogP contribution >= 0.6 is 0 Å². The van der Waals surface area contributed by atoms with E-state index in [2.05, 4.69) is 4.74 Å². The Balaban J connectivity index is 4.13. The average Bonchev–Trinajstić information content (AvgIpc) is 1.83. The molecule has 0 fully saturated rings. The van der Waals surface area contributed by atoms with Gasteiger partial charge in [-0.05, 0) is 0 Å². The quantitative estimate of drug-likeness (QED) is 0.719. The number of ether oxygens (including phenoxy) is 1. The van der Waals surface area contributed by atoms with Gasteiger partial charge in [-0.15, -0.1) is 0 Å². The van der Waals surface area contributed by atoms with E-state index < -0.39 is 31.1 Å². The van der Waals surface area contributed by atoms with Gasteiger partial charge in [-0.2, -0.15) is 13.2 Å². The third kappa shape index (κ3) is 4.17. The number of carboxylic acids is 1. The molecule has 6 heteroatoms. The van der Waals surface area contributed by atoms with Gasteiger partial charge in [0, 0.05) is 7.11 Å². The highest BCUT2D eigenvalue weighted by Crippen LogP contribution is 2.28. The summed E-state index contributed by atoms with van der Waals surface area (Å²) in [5, 5.41) is 8.12. The predicted octanol–water partition coefficient (Wildman–Crippen LogP) is 1.29. The lowest BCUT2D eigenvalue weighted by Gasteiger charge is -2.16. The molecule has 0 saturated carbocycles. The fraction of sp³-hybridized carbons (Fsp3) is 0.833. The van der Waals surface area contributed by atoms with Crippen molar-refractivity contribution in [1.82, 2.24) is 0 Å².